The summed E-state index contributed by atoms with van der Waals surface area (Å²) in [5.41, 5.74) is 2.55. The van der Waals surface area contributed by atoms with Crippen LogP contribution in [-0.4, -0.2) is 6.73 Å². The van der Waals surface area contributed by atoms with Crippen molar-refractivity contribution in [3.63, 3.8) is 0 Å². The fourth-order valence-corrected chi connectivity index (χ4v) is 1.30. The number of fused-ring (bicyclic) bond motifs is 1. The zero-order valence-electron chi connectivity index (χ0n) is 6.55. The van der Waals surface area contributed by atoms with Gasteiger partial charge < -0.3 is 4.74 Å². The molecular formula is C9H11NO. The van der Waals surface area contributed by atoms with Crippen LogP contribution in [0.2, 0.25) is 0 Å². The number of hydrogen-bond acceptors (Lipinski definition) is 2. The maximum atomic E-state index is 5.37. The third-order valence-corrected chi connectivity index (χ3v) is 1.86. The first-order valence-corrected chi connectivity index (χ1v) is 3.79. The highest BCUT2D eigenvalue weighted by molar-refractivity contribution is 5.37. The van der Waals surface area contributed by atoms with Crippen LogP contribution in [0.5, 0.6) is 5.75 Å². The predicted octanol–water partition coefficient (Wildman–Crippen LogP) is 1.43. The molecule has 0 radical (unpaired) electrons. The Balaban J connectivity index is 2.43. The third-order valence-electron chi connectivity index (χ3n) is 1.86. The van der Waals surface area contributed by atoms with E-state index in [0.29, 0.717) is 6.73 Å². The molecule has 1 N–H and O–H groups in total. The Morgan fingerprint density at radius 3 is 3.27 bits per heavy atom. The maximum Gasteiger partial charge on any atom is 0.139 e. The molecule has 2 rings (SSSR count). The lowest BCUT2D eigenvalue weighted by Crippen LogP contribution is -2.25. The Labute approximate surface area is 66.2 Å². The molecule has 1 heterocycles. The molecule has 0 aromatic heterocycles. The summed E-state index contributed by atoms with van der Waals surface area (Å²) in [7, 11) is 0. The summed E-state index contributed by atoms with van der Waals surface area (Å²) in [5, 5.41) is 3.15. The highest BCUT2D eigenvalue weighted by Crippen LogP contribution is 2.21. The van der Waals surface area contributed by atoms with Gasteiger partial charge in [0, 0.05) is 12.1 Å². The molecule has 2 heteroatoms. The second-order valence-corrected chi connectivity index (χ2v) is 2.83. The van der Waals surface area contributed by atoms with Crippen LogP contribution >= 0.6 is 0 Å². The van der Waals surface area contributed by atoms with Crippen molar-refractivity contribution in [2.24, 2.45) is 0 Å². The van der Waals surface area contributed by atoms with E-state index >= 15 is 0 Å². The summed E-state index contributed by atoms with van der Waals surface area (Å²) < 4.78 is 5.37. The SMILES string of the molecule is Cc1ccc2c(c1)CNCO2. The monoisotopic (exact) mass is 149 g/mol. The molecule has 58 valence electrons. The Morgan fingerprint density at radius 2 is 2.36 bits per heavy atom. The Bertz CT molecular complexity index is 270. The number of rotatable bonds is 0. The molecule has 11 heavy (non-hydrogen) atoms. The van der Waals surface area contributed by atoms with Crippen molar-refractivity contribution in [1.82, 2.24) is 5.32 Å². The Kier molecular flexibility index (Phi) is 1.55. The quantitative estimate of drug-likeness (QED) is 0.602. The zero-order chi connectivity index (χ0) is 7.68. The van der Waals surface area contributed by atoms with Crippen molar-refractivity contribution in [1.29, 1.82) is 0 Å². The average molecular weight is 149 g/mol. The van der Waals surface area contributed by atoms with Crippen molar-refractivity contribution < 1.29 is 4.74 Å². The van der Waals surface area contributed by atoms with Gasteiger partial charge >= 0.3 is 0 Å². The minimum atomic E-state index is 0.635. The fraction of sp³-hybridized carbons (Fsp3) is 0.333. The summed E-state index contributed by atoms with van der Waals surface area (Å²) in [6.45, 7) is 3.65. The maximum absolute atomic E-state index is 5.37. The predicted molar refractivity (Wildman–Crippen MR) is 43.5 cm³/mol. The molecule has 2 nitrogen and oxygen atoms in total. The van der Waals surface area contributed by atoms with Gasteiger partial charge in [-0.3, -0.25) is 5.32 Å². The van der Waals surface area contributed by atoms with Crippen LogP contribution in [0.4, 0.5) is 0 Å². The van der Waals surface area contributed by atoms with E-state index < -0.39 is 0 Å². The zero-order valence-corrected chi connectivity index (χ0v) is 6.55. The summed E-state index contributed by atoms with van der Waals surface area (Å²) >= 11 is 0. The lowest BCUT2D eigenvalue weighted by atomic mass is 10.1. The van der Waals surface area contributed by atoms with Gasteiger partial charge in [-0.25, -0.2) is 0 Å². The van der Waals surface area contributed by atoms with E-state index in [9.17, 15) is 0 Å². The second kappa shape index (κ2) is 2.55. The minimum Gasteiger partial charge on any atom is -0.478 e. The molecule has 0 saturated carbocycles. The van der Waals surface area contributed by atoms with Crippen LogP contribution < -0.4 is 10.1 Å². The second-order valence-electron chi connectivity index (χ2n) is 2.83. The first-order valence-electron chi connectivity index (χ1n) is 3.79. The van der Waals surface area contributed by atoms with Gasteiger partial charge in [0.25, 0.3) is 0 Å². The average Bonchev–Trinajstić information content (AvgIpc) is 2.04. The number of hydrogen-bond donors (Lipinski definition) is 1. The smallest absolute Gasteiger partial charge is 0.139 e. The van der Waals surface area contributed by atoms with Crippen molar-refractivity contribution in [2.75, 3.05) is 6.73 Å². The molecule has 0 fully saturated rings. The third kappa shape index (κ3) is 1.21. The van der Waals surface area contributed by atoms with E-state index in [-0.39, 0.29) is 0 Å². The van der Waals surface area contributed by atoms with Crippen LogP contribution in [-0.2, 0) is 6.54 Å². The van der Waals surface area contributed by atoms with Gasteiger partial charge in [0.2, 0.25) is 0 Å². The highest BCUT2D eigenvalue weighted by Gasteiger charge is 2.07. The first-order chi connectivity index (χ1) is 5.36. The molecule has 1 aromatic carbocycles. The van der Waals surface area contributed by atoms with Gasteiger partial charge in [0.1, 0.15) is 12.5 Å². The van der Waals surface area contributed by atoms with E-state index in [1.807, 2.05) is 6.07 Å². The summed E-state index contributed by atoms with van der Waals surface area (Å²) in [4.78, 5) is 0. The van der Waals surface area contributed by atoms with Gasteiger partial charge in [0.05, 0.1) is 0 Å². The topological polar surface area (TPSA) is 21.3 Å². The molecule has 0 amide bonds. The highest BCUT2D eigenvalue weighted by atomic mass is 16.5. The largest absolute Gasteiger partial charge is 0.478 e. The van der Waals surface area contributed by atoms with Gasteiger partial charge in [-0.15, -0.1) is 0 Å². The molecular weight excluding hydrogens is 138 g/mol. The minimum absolute atomic E-state index is 0.635. The number of ether oxygens (including phenoxy) is 1. The molecule has 1 aliphatic rings. The Morgan fingerprint density at radius 1 is 1.45 bits per heavy atom. The number of aryl methyl sites for hydroxylation is 1. The summed E-state index contributed by atoms with van der Waals surface area (Å²) in [6, 6.07) is 6.26. The summed E-state index contributed by atoms with van der Waals surface area (Å²) in [6.07, 6.45) is 0. The van der Waals surface area contributed by atoms with E-state index in [1.54, 1.807) is 0 Å². The van der Waals surface area contributed by atoms with Crippen LogP contribution in [0.25, 0.3) is 0 Å². The van der Waals surface area contributed by atoms with E-state index in [2.05, 4.69) is 24.4 Å². The van der Waals surface area contributed by atoms with E-state index in [4.69, 9.17) is 4.74 Å². The van der Waals surface area contributed by atoms with Crippen molar-refractivity contribution in [3.05, 3.63) is 29.3 Å². The van der Waals surface area contributed by atoms with E-state index in [0.717, 1.165) is 12.3 Å². The molecule has 0 spiro atoms. The van der Waals surface area contributed by atoms with Gasteiger partial charge in [-0.05, 0) is 13.0 Å². The molecule has 0 atom stereocenters. The number of benzene rings is 1. The molecule has 0 aliphatic carbocycles. The van der Waals surface area contributed by atoms with Crippen LogP contribution in [0.15, 0.2) is 18.2 Å². The Hall–Kier alpha value is -1.02. The lowest BCUT2D eigenvalue weighted by molar-refractivity contribution is 0.257. The van der Waals surface area contributed by atoms with Crippen molar-refractivity contribution >= 4 is 0 Å². The molecule has 0 unspecified atom stereocenters. The van der Waals surface area contributed by atoms with Crippen LogP contribution in [0.3, 0.4) is 0 Å². The van der Waals surface area contributed by atoms with Crippen LogP contribution in [0.1, 0.15) is 11.1 Å². The van der Waals surface area contributed by atoms with E-state index in [1.165, 1.54) is 11.1 Å². The first kappa shape index (κ1) is 6.68. The van der Waals surface area contributed by atoms with Gasteiger partial charge in [-0.2, -0.15) is 0 Å². The number of nitrogens with one attached hydrogen (secondary N) is 1. The molecule has 1 aromatic rings. The molecule has 1 aliphatic heterocycles. The molecule has 0 bridgehead atoms. The normalized spacial score (nSPS) is 15.4. The van der Waals surface area contributed by atoms with Gasteiger partial charge in [-0.1, -0.05) is 17.7 Å². The molecule has 0 saturated heterocycles. The summed E-state index contributed by atoms with van der Waals surface area (Å²) in [5.74, 6) is 1.02. The van der Waals surface area contributed by atoms with Crippen molar-refractivity contribution in [2.45, 2.75) is 13.5 Å². The van der Waals surface area contributed by atoms with Crippen LogP contribution in [0, 0.1) is 6.92 Å². The fourth-order valence-electron chi connectivity index (χ4n) is 1.30. The van der Waals surface area contributed by atoms with Crippen molar-refractivity contribution in [3.8, 4) is 5.75 Å². The standard InChI is InChI=1S/C9H11NO/c1-7-2-3-9-8(4-7)5-10-6-11-9/h2-4,10H,5-6H2,1H3. The van der Waals surface area contributed by atoms with Gasteiger partial charge in [0.15, 0.2) is 0 Å². The lowest BCUT2D eigenvalue weighted by Gasteiger charge is -2.18.